The first-order valence-electron chi connectivity index (χ1n) is 14.0. The molecule has 2 aromatic heterocycles. The SMILES string of the molecule is Cl.Cl.O=c1cc(CN2CC3CC(C2)c2cccc(=O)n2C3)oc(CN2CCN(CCOc3ccc(F)cc3)CC2)c1O. The number of piperidine rings is 1. The molecular formula is C30H37Cl2FN4O5. The van der Waals surface area contributed by atoms with Crippen LogP contribution in [0.4, 0.5) is 4.39 Å². The predicted molar refractivity (Wildman–Crippen MR) is 162 cm³/mol. The molecule has 2 unspecified atom stereocenters. The largest absolute Gasteiger partial charge is 0.502 e. The molecule has 6 rings (SSSR count). The number of aromatic nitrogens is 1. The highest BCUT2D eigenvalue weighted by atomic mass is 35.5. The van der Waals surface area contributed by atoms with Gasteiger partial charge in [-0.3, -0.25) is 24.3 Å². The van der Waals surface area contributed by atoms with Crippen molar-refractivity contribution in [3.8, 4) is 11.5 Å². The molecule has 228 valence electrons. The number of aromatic hydroxyl groups is 1. The van der Waals surface area contributed by atoms with Gasteiger partial charge in [0.05, 0.1) is 13.1 Å². The number of pyridine rings is 1. The van der Waals surface area contributed by atoms with Gasteiger partial charge in [-0.05, 0) is 42.7 Å². The Morgan fingerprint density at radius 2 is 1.64 bits per heavy atom. The molecule has 0 radical (unpaired) electrons. The molecular weight excluding hydrogens is 586 g/mol. The molecule has 9 nitrogen and oxygen atoms in total. The maximum Gasteiger partial charge on any atom is 0.250 e. The highest BCUT2D eigenvalue weighted by molar-refractivity contribution is 5.85. The van der Waals surface area contributed by atoms with Gasteiger partial charge in [0, 0.05) is 76.1 Å². The minimum atomic E-state index is -0.415. The highest BCUT2D eigenvalue weighted by Gasteiger charge is 2.34. The van der Waals surface area contributed by atoms with Gasteiger partial charge < -0.3 is 18.8 Å². The molecule has 0 saturated carbocycles. The van der Waals surface area contributed by atoms with Crippen molar-refractivity contribution >= 4 is 24.8 Å². The zero-order valence-corrected chi connectivity index (χ0v) is 25.0. The van der Waals surface area contributed by atoms with Gasteiger partial charge in [-0.15, -0.1) is 24.8 Å². The van der Waals surface area contributed by atoms with E-state index in [1.165, 1.54) is 18.2 Å². The Bertz CT molecular complexity index is 1460. The predicted octanol–water partition coefficient (Wildman–Crippen LogP) is 3.31. The van der Waals surface area contributed by atoms with Gasteiger partial charge in [-0.2, -0.15) is 0 Å². The number of piperazine rings is 1. The molecule has 42 heavy (non-hydrogen) atoms. The number of hydrogen-bond acceptors (Lipinski definition) is 8. The first-order valence-corrected chi connectivity index (χ1v) is 14.0. The second-order valence-electron chi connectivity index (χ2n) is 11.2. The molecule has 3 aromatic rings. The van der Waals surface area contributed by atoms with Crippen LogP contribution in [0.1, 0.15) is 29.6 Å². The summed E-state index contributed by atoms with van der Waals surface area (Å²) < 4.78 is 26.8. The van der Waals surface area contributed by atoms with Crippen molar-refractivity contribution in [2.24, 2.45) is 5.92 Å². The van der Waals surface area contributed by atoms with Gasteiger partial charge in [-0.1, -0.05) is 6.07 Å². The van der Waals surface area contributed by atoms with Crippen molar-refractivity contribution in [1.82, 2.24) is 19.3 Å². The number of benzene rings is 1. The minimum absolute atomic E-state index is 0. The second kappa shape index (κ2) is 14.1. The Hall–Kier alpha value is -2.89. The molecule has 0 aliphatic carbocycles. The normalized spacial score (nSPS) is 20.7. The lowest BCUT2D eigenvalue weighted by Gasteiger charge is -2.42. The average Bonchev–Trinajstić information content (AvgIpc) is 2.94. The second-order valence-corrected chi connectivity index (χ2v) is 11.2. The van der Waals surface area contributed by atoms with Crippen molar-refractivity contribution in [3.05, 3.63) is 92.1 Å². The Kier molecular flexibility index (Phi) is 10.7. The zero-order chi connectivity index (χ0) is 27.6. The highest BCUT2D eigenvalue weighted by Crippen LogP contribution is 2.35. The summed E-state index contributed by atoms with van der Waals surface area (Å²) in [5, 5.41) is 10.5. The van der Waals surface area contributed by atoms with Crippen LogP contribution in [0.5, 0.6) is 11.5 Å². The molecule has 3 aliphatic rings. The Balaban J connectivity index is 0.00000202. The fraction of sp³-hybridized carbons (Fsp3) is 0.467. The molecule has 12 heteroatoms. The number of nitrogens with zero attached hydrogens (tertiary/aromatic N) is 4. The van der Waals surface area contributed by atoms with Crippen LogP contribution < -0.4 is 15.7 Å². The maximum absolute atomic E-state index is 13.0. The first kappa shape index (κ1) is 32.0. The number of likely N-dealkylation sites (tertiary alicyclic amines) is 1. The quantitative estimate of drug-likeness (QED) is 0.409. The van der Waals surface area contributed by atoms with E-state index in [9.17, 15) is 19.1 Å². The molecule has 2 atom stereocenters. The maximum atomic E-state index is 13.0. The van der Waals surface area contributed by atoms with Gasteiger partial charge >= 0.3 is 0 Å². The third-order valence-corrected chi connectivity index (χ3v) is 8.30. The fourth-order valence-electron chi connectivity index (χ4n) is 6.32. The van der Waals surface area contributed by atoms with Crippen molar-refractivity contribution in [1.29, 1.82) is 0 Å². The van der Waals surface area contributed by atoms with Gasteiger partial charge in [-0.25, -0.2) is 4.39 Å². The lowest BCUT2D eigenvalue weighted by atomic mass is 9.83. The zero-order valence-electron chi connectivity index (χ0n) is 23.3. The summed E-state index contributed by atoms with van der Waals surface area (Å²) in [6.45, 7) is 7.72. The van der Waals surface area contributed by atoms with E-state index in [2.05, 4.69) is 14.7 Å². The minimum Gasteiger partial charge on any atom is -0.502 e. The third kappa shape index (κ3) is 7.36. The van der Waals surface area contributed by atoms with E-state index in [-0.39, 0.29) is 47.9 Å². The fourth-order valence-corrected chi connectivity index (χ4v) is 6.32. The van der Waals surface area contributed by atoms with Crippen LogP contribution in [0.25, 0.3) is 0 Å². The summed E-state index contributed by atoms with van der Waals surface area (Å²) in [4.78, 5) is 31.7. The lowest BCUT2D eigenvalue weighted by Crippen LogP contribution is -2.47. The van der Waals surface area contributed by atoms with E-state index >= 15 is 0 Å². The summed E-state index contributed by atoms with van der Waals surface area (Å²) in [5.41, 5.74) is 0.735. The van der Waals surface area contributed by atoms with Crippen LogP contribution in [0.2, 0.25) is 0 Å². The summed E-state index contributed by atoms with van der Waals surface area (Å²) in [7, 11) is 0. The molecule has 0 spiro atoms. The van der Waals surface area contributed by atoms with Crippen molar-refractivity contribution < 1.29 is 18.7 Å². The van der Waals surface area contributed by atoms with Crippen molar-refractivity contribution in [3.63, 3.8) is 0 Å². The number of halogens is 3. The van der Waals surface area contributed by atoms with Gasteiger partial charge in [0.2, 0.25) is 11.2 Å². The van der Waals surface area contributed by atoms with E-state index in [0.29, 0.717) is 42.9 Å². The van der Waals surface area contributed by atoms with Gasteiger partial charge in [0.1, 0.15) is 23.9 Å². The average molecular weight is 624 g/mol. The molecule has 3 aliphatic heterocycles. The van der Waals surface area contributed by atoms with Crippen molar-refractivity contribution in [2.45, 2.75) is 32.0 Å². The van der Waals surface area contributed by atoms with Crippen LogP contribution >= 0.6 is 24.8 Å². The van der Waals surface area contributed by atoms with E-state index in [1.54, 1.807) is 18.2 Å². The smallest absolute Gasteiger partial charge is 0.250 e. The summed E-state index contributed by atoms with van der Waals surface area (Å²) in [5.74, 6) is 1.58. The van der Waals surface area contributed by atoms with E-state index in [1.807, 2.05) is 16.7 Å². The molecule has 1 aromatic carbocycles. The standard InChI is InChI=1S/C30H35FN4O5.2ClH/c31-23-4-6-24(7-5-23)39-13-12-32-8-10-33(11-9-32)20-28-30(38)27(36)15-25(40-28)19-34-16-21-14-22(18-34)26-2-1-3-29(37)35(26)17-21;;/h1-7,15,21-22,38H,8-14,16-20H2;2*1H. The molecule has 5 heterocycles. The number of hydrogen-bond donors (Lipinski definition) is 1. The van der Waals surface area contributed by atoms with E-state index in [4.69, 9.17) is 9.15 Å². The third-order valence-electron chi connectivity index (χ3n) is 8.30. The van der Waals surface area contributed by atoms with Crippen LogP contribution in [0.15, 0.2) is 62.5 Å². The first-order chi connectivity index (χ1) is 19.4. The molecule has 2 saturated heterocycles. The Labute approximate surface area is 256 Å². The Morgan fingerprint density at radius 1 is 0.905 bits per heavy atom. The molecule has 1 N–H and O–H groups in total. The monoisotopic (exact) mass is 622 g/mol. The van der Waals surface area contributed by atoms with Crippen LogP contribution in [0, 0.1) is 11.7 Å². The van der Waals surface area contributed by atoms with E-state index in [0.717, 1.165) is 64.5 Å². The molecule has 0 amide bonds. The molecule has 2 bridgehead atoms. The van der Waals surface area contributed by atoms with Crippen LogP contribution in [-0.4, -0.2) is 76.8 Å². The lowest BCUT2D eigenvalue weighted by molar-refractivity contribution is 0.0975. The topological polar surface area (TPSA) is 91.4 Å². The number of ether oxygens (including phenoxy) is 1. The number of rotatable bonds is 8. The molecule has 2 fully saturated rings. The van der Waals surface area contributed by atoms with Crippen molar-refractivity contribution in [2.75, 3.05) is 52.4 Å². The summed E-state index contributed by atoms with van der Waals surface area (Å²) in [6, 6.07) is 12.9. The Morgan fingerprint density at radius 3 is 2.40 bits per heavy atom. The summed E-state index contributed by atoms with van der Waals surface area (Å²) >= 11 is 0. The van der Waals surface area contributed by atoms with E-state index < -0.39 is 5.43 Å². The van der Waals surface area contributed by atoms with Gasteiger partial charge in [0.25, 0.3) is 5.56 Å². The van der Waals surface area contributed by atoms with Crippen LogP contribution in [-0.2, 0) is 19.6 Å². The van der Waals surface area contributed by atoms with Crippen LogP contribution in [0.3, 0.4) is 0 Å². The number of fused-ring (bicyclic) bond motifs is 4. The van der Waals surface area contributed by atoms with Gasteiger partial charge in [0.15, 0.2) is 5.76 Å². The summed E-state index contributed by atoms with van der Waals surface area (Å²) in [6.07, 6.45) is 1.06.